The molecule has 2 fully saturated rings. The maximum Gasteiger partial charge on any atom is 0.411 e. The second kappa shape index (κ2) is 4.93. The van der Waals surface area contributed by atoms with Gasteiger partial charge >= 0.3 is 6.18 Å². The van der Waals surface area contributed by atoms with Gasteiger partial charge in [-0.2, -0.15) is 13.2 Å². The van der Waals surface area contributed by atoms with Gasteiger partial charge in [-0.15, -0.1) is 0 Å². The number of rotatable bonds is 3. The summed E-state index contributed by atoms with van der Waals surface area (Å²) in [6.45, 7) is 3.58. The van der Waals surface area contributed by atoms with E-state index in [1.165, 1.54) is 0 Å². The lowest BCUT2D eigenvalue weighted by Crippen LogP contribution is -2.55. The molecule has 2 amide bonds. The summed E-state index contributed by atoms with van der Waals surface area (Å²) >= 11 is 0. The van der Waals surface area contributed by atoms with E-state index in [-0.39, 0.29) is 37.6 Å². The SMILES string of the molecule is CC(C)CC1NC(=O)CCN(C2(C(F)(F)F)CC2)C1=O. The fourth-order valence-electron chi connectivity index (χ4n) is 2.72. The lowest BCUT2D eigenvalue weighted by atomic mass is 10.0. The molecule has 2 rings (SSSR count). The molecule has 1 aliphatic carbocycles. The van der Waals surface area contributed by atoms with E-state index < -0.39 is 23.7 Å². The van der Waals surface area contributed by atoms with Gasteiger partial charge in [-0.05, 0) is 25.2 Å². The van der Waals surface area contributed by atoms with Crippen LogP contribution in [0.15, 0.2) is 0 Å². The van der Waals surface area contributed by atoms with Crippen LogP contribution < -0.4 is 5.32 Å². The van der Waals surface area contributed by atoms with Gasteiger partial charge in [0.1, 0.15) is 11.6 Å². The minimum atomic E-state index is -4.43. The van der Waals surface area contributed by atoms with E-state index in [1.54, 1.807) is 0 Å². The number of carbonyl (C=O) groups is 2. The van der Waals surface area contributed by atoms with Gasteiger partial charge in [-0.3, -0.25) is 9.59 Å². The molecule has 1 heterocycles. The third-order valence-electron chi connectivity index (χ3n) is 3.94. The van der Waals surface area contributed by atoms with Crippen LogP contribution in [0.5, 0.6) is 0 Å². The van der Waals surface area contributed by atoms with E-state index in [0.717, 1.165) is 4.90 Å². The molecule has 2 aliphatic rings. The smallest absolute Gasteiger partial charge is 0.344 e. The first-order valence-electron chi connectivity index (χ1n) is 6.85. The Morgan fingerprint density at radius 3 is 2.40 bits per heavy atom. The minimum absolute atomic E-state index is 0.0647. The van der Waals surface area contributed by atoms with Crippen molar-refractivity contribution in [1.82, 2.24) is 10.2 Å². The predicted octanol–water partition coefficient (Wildman–Crippen LogP) is 1.84. The topological polar surface area (TPSA) is 49.4 Å². The van der Waals surface area contributed by atoms with Crippen LogP contribution in [0.3, 0.4) is 0 Å². The monoisotopic (exact) mass is 292 g/mol. The molecule has 7 heteroatoms. The molecule has 4 nitrogen and oxygen atoms in total. The van der Waals surface area contributed by atoms with Gasteiger partial charge in [-0.1, -0.05) is 13.8 Å². The van der Waals surface area contributed by atoms with Crippen LogP contribution in [0.2, 0.25) is 0 Å². The third-order valence-corrected chi connectivity index (χ3v) is 3.94. The zero-order chi connectivity index (χ0) is 15.1. The minimum Gasteiger partial charge on any atom is -0.344 e. The molecule has 1 unspecified atom stereocenters. The van der Waals surface area contributed by atoms with Gasteiger partial charge in [0.15, 0.2) is 0 Å². The summed E-state index contributed by atoms with van der Waals surface area (Å²) in [5.74, 6) is -0.839. The van der Waals surface area contributed by atoms with Gasteiger partial charge in [0, 0.05) is 13.0 Å². The normalized spacial score (nSPS) is 26.5. The number of hydrogen-bond acceptors (Lipinski definition) is 2. The summed E-state index contributed by atoms with van der Waals surface area (Å²) in [6.07, 6.45) is -4.28. The third kappa shape index (κ3) is 2.62. The number of amides is 2. The molecule has 0 radical (unpaired) electrons. The van der Waals surface area contributed by atoms with Crippen molar-refractivity contribution in [3.63, 3.8) is 0 Å². The zero-order valence-corrected chi connectivity index (χ0v) is 11.6. The Hall–Kier alpha value is -1.27. The van der Waals surface area contributed by atoms with Crippen molar-refractivity contribution in [2.75, 3.05) is 6.54 Å². The molecule has 114 valence electrons. The average molecular weight is 292 g/mol. The van der Waals surface area contributed by atoms with Crippen molar-refractivity contribution in [2.24, 2.45) is 5.92 Å². The molecule has 1 atom stereocenters. The molecule has 1 aliphatic heterocycles. The van der Waals surface area contributed by atoms with Gasteiger partial charge in [0.2, 0.25) is 11.8 Å². The number of nitrogens with zero attached hydrogens (tertiary/aromatic N) is 1. The van der Waals surface area contributed by atoms with E-state index in [0.29, 0.717) is 6.42 Å². The van der Waals surface area contributed by atoms with E-state index in [9.17, 15) is 22.8 Å². The van der Waals surface area contributed by atoms with Gasteiger partial charge in [-0.25, -0.2) is 0 Å². The highest BCUT2D eigenvalue weighted by Crippen LogP contribution is 2.54. The van der Waals surface area contributed by atoms with Crippen LogP contribution in [0.1, 0.15) is 39.5 Å². The molecule has 0 aromatic heterocycles. The number of hydrogen-bond donors (Lipinski definition) is 1. The van der Waals surface area contributed by atoms with Crippen LogP contribution in [-0.4, -0.2) is 41.0 Å². The first kappa shape index (κ1) is 15.1. The first-order valence-corrected chi connectivity index (χ1v) is 6.85. The maximum atomic E-state index is 13.2. The molecular weight excluding hydrogens is 273 g/mol. The molecular formula is C13H19F3N2O2. The summed E-state index contributed by atoms with van der Waals surface area (Å²) in [5.41, 5.74) is -2.04. The number of alkyl halides is 3. The number of carbonyl (C=O) groups excluding carboxylic acids is 2. The Morgan fingerprint density at radius 2 is 1.95 bits per heavy atom. The molecule has 0 aromatic carbocycles. The van der Waals surface area contributed by atoms with Crippen LogP contribution >= 0.6 is 0 Å². The molecule has 1 N–H and O–H groups in total. The van der Waals surface area contributed by atoms with Crippen LogP contribution in [0.4, 0.5) is 13.2 Å². The van der Waals surface area contributed by atoms with Crippen molar-refractivity contribution in [1.29, 1.82) is 0 Å². The summed E-state index contributed by atoms with van der Waals surface area (Å²) in [7, 11) is 0. The number of halogens is 3. The van der Waals surface area contributed by atoms with Crippen LogP contribution in [-0.2, 0) is 9.59 Å². The molecule has 0 aromatic rings. The van der Waals surface area contributed by atoms with Crippen molar-refractivity contribution in [2.45, 2.75) is 57.3 Å². The van der Waals surface area contributed by atoms with Crippen LogP contribution in [0.25, 0.3) is 0 Å². The fourth-order valence-corrected chi connectivity index (χ4v) is 2.72. The number of nitrogens with one attached hydrogen (secondary N) is 1. The first-order chi connectivity index (χ1) is 9.17. The summed E-state index contributed by atoms with van der Waals surface area (Å²) < 4.78 is 39.5. The molecule has 0 spiro atoms. The van der Waals surface area contributed by atoms with E-state index in [2.05, 4.69) is 5.32 Å². The average Bonchev–Trinajstić information content (AvgIpc) is 3.07. The van der Waals surface area contributed by atoms with Crippen molar-refractivity contribution >= 4 is 11.8 Å². The Bertz CT molecular complexity index is 416. The molecule has 1 saturated heterocycles. The van der Waals surface area contributed by atoms with Gasteiger partial charge < -0.3 is 10.2 Å². The standard InChI is InChI=1S/C13H19F3N2O2/c1-8(2)7-9-11(20)18(6-3-10(19)17-9)12(4-5-12)13(14,15)16/h8-9H,3-7H2,1-2H3,(H,17,19). The largest absolute Gasteiger partial charge is 0.411 e. The van der Waals surface area contributed by atoms with E-state index in [1.807, 2.05) is 13.8 Å². The molecule has 1 saturated carbocycles. The summed E-state index contributed by atoms with van der Waals surface area (Å²) in [4.78, 5) is 24.8. The second-order valence-electron chi connectivity index (χ2n) is 6.02. The van der Waals surface area contributed by atoms with Crippen molar-refractivity contribution in [3.8, 4) is 0 Å². The van der Waals surface area contributed by atoms with E-state index in [4.69, 9.17) is 0 Å². The Labute approximate surface area is 115 Å². The second-order valence-corrected chi connectivity index (χ2v) is 6.02. The highest BCUT2D eigenvalue weighted by Gasteiger charge is 2.68. The lowest BCUT2D eigenvalue weighted by molar-refractivity contribution is -0.200. The van der Waals surface area contributed by atoms with E-state index >= 15 is 0 Å². The van der Waals surface area contributed by atoms with Gasteiger partial charge in [0.25, 0.3) is 0 Å². The molecule has 20 heavy (non-hydrogen) atoms. The predicted molar refractivity (Wildman–Crippen MR) is 65.7 cm³/mol. The van der Waals surface area contributed by atoms with Crippen molar-refractivity contribution < 1.29 is 22.8 Å². The van der Waals surface area contributed by atoms with Gasteiger partial charge in [0.05, 0.1) is 0 Å². The zero-order valence-electron chi connectivity index (χ0n) is 11.6. The lowest BCUT2D eigenvalue weighted by Gasteiger charge is -2.34. The highest BCUT2D eigenvalue weighted by atomic mass is 19.4. The van der Waals surface area contributed by atoms with Crippen molar-refractivity contribution in [3.05, 3.63) is 0 Å². The van der Waals surface area contributed by atoms with Crippen LogP contribution in [0, 0.1) is 5.92 Å². The maximum absolute atomic E-state index is 13.2. The molecule has 0 bridgehead atoms. The quantitative estimate of drug-likeness (QED) is 0.863. The Morgan fingerprint density at radius 1 is 1.35 bits per heavy atom. The summed E-state index contributed by atoms with van der Waals surface area (Å²) in [6, 6.07) is -0.843. The highest BCUT2D eigenvalue weighted by molar-refractivity contribution is 5.90. The fraction of sp³-hybridized carbons (Fsp3) is 0.846. The summed E-state index contributed by atoms with van der Waals surface area (Å²) in [5, 5.41) is 2.54. The Kier molecular flexibility index (Phi) is 3.73. The Balaban J connectivity index is 2.24.